The monoisotopic (exact) mass is 309 g/mol. The van der Waals surface area contributed by atoms with Gasteiger partial charge >= 0.3 is 0 Å². The maximum Gasteiger partial charge on any atom is 0.251 e. The highest BCUT2D eigenvalue weighted by Gasteiger charge is 2.42. The Morgan fingerprint density at radius 3 is 2.61 bits per heavy atom. The Labute approximate surface area is 135 Å². The molecule has 1 aromatic heterocycles. The first-order valence-corrected chi connectivity index (χ1v) is 7.51. The molecule has 0 unspecified atom stereocenters. The van der Waals surface area contributed by atoms with Gasteiger partial charge in [0.25, 0.3) is 5.91 Å². The molecule has 0 atom stereocenters. The van der Waals surface area contributed by atoms with Crippen molar-refractivity contribution >= 4 is 17.5 Å². The Hall–Kier alpha value is -2.69. The molecule has 23 heavy (non-hydrogen) atoms. The minimum atomic E-state index is -0.606. The van der Waals surface area contributed by atoms with Crippen LogP contribution in [-0.4, -0.2) is 23.8 Å². The maximum absolute atomic E-state index is 12.4. The fourth-order valence-corrected chi connectivity index (χ4v) is 2.90. The topological polar surface area (TPSA) is 62.3 Å². The van der Waals surface area contributed by atoms with E-state index < -0.39 is 5.41 Å². The Bertz CT molecular complexity index is 769. The molecule has 1 aromatic carbocycles. The van der Waals surface area contributed by atoms with Gasteiger partial charge in [-0.2, -0.15) is 0 Å². The van der Waals surface area contributed by atoms with E-state index in [1.165, 1.54) is 0 Å². The van der Waals surface area contributed by atoms with Crippen LogP contribution in [-0.2, 0) is 16.8 Å². The average Bonchev–Trinajstić information content (AvgIpc) is 2.74. The van der Waals surface area contributed by atoms with E-state index >= 15 is 0 Å². The molecule has 2 amide bonds. The second-order valence-electron chi connectivity index (χ2n) is 6.26. The van der Waals surface area contributed by atoms with E-state index in [2.05, 4.69) is 10.3 Å². The van der Waals surface area contributed by atoms with Gasteiger partial charge < -0.3 is 10.2 Å². The van der Waals surface area contributed by atoms with E-state index in [-0.39, 0.29) is 11.8 Å². The standard InChI is InChI=1S/C18H19N3O2/c1-18(2)14-10-13(4-5-15(14)21(3)17(18)23)16(22)20-11-12-6-8-19-9-7-12/h4-10H,11H2,1-3H3,(H,20,22). The van der Waals surface area contributed by atoms with E-state index in [4.69, 9.17) is 0 Å². The molecule has 118 valence electrons. The minimum Gasteiger partial charge on any atom is -0.348 e. The van der Waals surface area contributed by atoms with Crippen LogP contribution in [0, 0.1) is 0 Å². The molecule has 0 spiro atoms. The van der Waals surface area contributed by atoms with Gasteiger partial charge in [0.2, 0.25) is 5.91 Å². The summed E-state index contributed by atoms with van der Waals surface area (Å²) >= 11 is 0. The number of nitrogens with one attached hydrogen (secondary N) is 1. The molecule has 2 aromatic rings. The second-order valence-corrected chi connectivity index (χ2v) is 6.26. The Morgan fingerprint density at radius 2 is 1.91 bits per heavy atom. The third kappa shape index (κ3) is 2.59. The number of aromatic nitrogens is 1. The Kier molecular flexibility index (Phi) is 3.64. The number of nitrogens with zero attached hydrogens (tertiary/aromatic N) is 2. The fraction of sp³-hybridized carbons (Fsp3) is 0.278. The summed E-state index contributed by atoms with van der Waals surface area (Å²) in [7, 11) is 1.76. The van der Waals surface area contributed by atoms with Crippen molar-refractivity contribution < 1.29 is 9.59 Å². The molecule has 1 aliphatic rings. The number of carbonyl (C=O) groups excluding carboxylic acids is 2. The molecular weight excluding hydrogens is 290 g/mol. The van der Waals surface area contributed by atoms with E-state index in [0.717, 1.165) is 16.8 Å². The third-order valence-corrected chi connectivity index (χ3v) is 4.34. The molecule has 0 bridgehead atoms. The number of hydrogen-bond acceptors (Lipinski definition) is 3. The van der Waals surface area contributed by atoms with Gasteiger partial charge in [0.05, 0.1) is 5.41 Å². The second kappa shape index (κ2) is 5.50. The highest BCUT2D eigenvalue weighted by atomic mass is 16.2. The van der Waals surface area contributed by atoms with Crippen LogP contribution in [0.2, 0.25) is 0 Å². The quantitative estimate of drug-likeness (QED) is 0.946. The normalized spacial score (nSPS) is 15.4. The summed E-state index contributed by atoms with van der Waals surface area (Å²) < 4.78 is 0. The Balaban J connectivity index is 1.81. The third-order valence-electron chi connectivity index (χ3n) is 4.34. The minimum absolute atomic E-state index is 0.0434. The maximum atomic E-state index is 12.4. The number of anilines is 1. The molecule has 3 rings (SSSR count). The van der Waals surface area contributed by atoms with Crippen molar-refractivity contribution in [3.8, 4) is 0 Å². The van der Waals surface area contributed by atoms with Gasteiger partial charge in [-0.1, -0.05) is 0 Å². The van der Waals surface area contributed by atoms with E-state index in [9.17, 15) is 9.59 Å². The summed E-state index contributed by atoms with van der Waals surface area (Å²) in [5.74, 6) is -0.107. The molecule has 0 radical (unpaired) electrons. The molecule has 0 aliphatic carbocycles. The van der Waals surface area contributed by atoms with Gasteiger partial charge in [-0.15, -0.1) is 0 Å². The van der Waals surface area contributed by atoms with Crippen molar-refractivity contribution in [3.63, 3.8) is 0 Å². The van der Waals surface area contributed by atoms with Crippen LogP contribution in [0.1, 0.15) is 35.3 Å². The predicted octanol–water partition coefficient (Wildman–Crippen LogP) is 2.27. The molecule has 2 heterocycles. The van der Waals surface area contributed by atoms with Gasteiger partial charge in [-0.3, -0.25) is 14.6 Å². The zero-order chi connectivity index (χ0) is 16.6. The first-order valence-electron chi connectivity index (χ1n) is 7.51. The lowest BCUT2D eigenvalue weighted by atomic mass is 9.85. The van der Waals surface area contributed by atoms with Crippen molar-refractivity contribution in [1.82, 2.24) is 10.3 Å². The van der Waals surface area contributed by atoms with Gasteiger partial charge in [0.15, 0.2) is 0 Å². The molecule has 5 nitrogen and oxygen atoms in total. The molecule has 1 N–H and O–H groups in total. The number of benzene rings is 1. The SMILES string of the molecule is CN1C(=O)C(C)(C)c2cc(C(=O)NCc3ccncc3)ccc21. The summed E-state index contributed by atoms with van der Waals surface area (Å²) in [6, 6.07) is 9.13. The van der Waals surface area contributed by atoms with Crippen LogP contribution in [0.5, 0.6) is 0 Å². The van der Waals surface area contributed by atoms with E-state index in [1.54, 1.807) is 30.4 Å². The molecule has 0 saturated carbocycles. The molecular formula is C18H19N3O2. The van der Waals surface area contributed by atoms with Gasteiger partial charge in [0, 0.05) is 37.2 Å². The summed E-state index contributed by atoms with van der Waals surface area (Å²) in [6.07, 6.45) is 3.39. The van der Waals surface area contributed by atoms with E-state index in [1.807, 2.05) is 38.1 Å². The average molecular weight is 309 g/mol. The zero-order valence-corrected chi connectivity index (χ0v) is 13.5. The number of amides is 2. The smallest absolute Gasteiger partial charge is 0.251 e. The zero-order valence-electron chi connectivity index (χ0n) is 13.5. The van der Waals surface area contributed by atoms with Crippen molar-refractivity contribution in [3.05, 3.63) is 59.4 Å². The highest BCUT2D eigenvalue weighted by Crippen LogP contribution is 2.40. The van der Waals surface area contributed by atoms with Gasteiger partial charge in [-0.05, 0) is 55.3 Å². The van der Waals surface area contributed by atoms with Crippen LogP contribution in [0.3, 0.4) is 0 Å². The summed E-state index contributed by atoms with van der Waals surface area (Å²) in [5.41, 5.74) is 2.71. The number of rotatable bonds is 3. The van der Waals surface area contributed by atoms with Crippen molar-refractivity contribution in [1.29, 1.82) is 0 Å². The Morgan fingerprint density at radius 1 is 1.22 bits per heavy atom. The van der Waals surface area contributed by atoms with Crippen molar-refractivity contribution in [2.75, 3.05) is 11.9 Å². The lowest BCUT2D eigenvalue weighted by Gasteiger charge is -2.16. The van der Waals surface area contributed by atoms with Crippen LogP contribution in [0.4, 0.5) is 5.69 Å². The van der Waals surface area contributed by atoms with Crippen molar-refractivity contribution in [2.24, 2.45) is 0 Å². The largest absolute Gasteiger partial charge is 0.348 e. The molecule has 5 heteroatoms. The van der Waals surface area contributed by atoms with Crippen LogP contribution in [0.15, 0.2) is 42.7 Å². The van der Waals surface area contributed by atoms with E-state index in [0.29, 0.717) is 12.1 Å². The molecule has 1 aliphatic heterocycles. The molecule has 0 saturated heterocycles. The fourth-order valence-electron chi connectivity index (χ4n) is 2.90. The summed E-state index contributed by atoms with van der Waals surface area (Å²) in [4.78, 5) is 30.3. The van der Waals surface area contributed by atoms with Gasteiger partial charge in [-0.25, -0.2) is 0 Å². The lowest BCUT2D eigenvalue weighted by molar-refractivity contribution is -0.121. The van der Waals surface area contributed by atoms with Crippen molar-refractivity contribution in [2.45, 2.75) is 25.8 Å². The number of hydrogen-bond donors (Lipinski definition) is 1. The lowest BCUT2D eigenvalue weighted by Crippen LogP contribution is -2.33. The van der Waals surface area contributed by atoms with Crippen LogP contribution >= 0.6 is 0 Å². The summed E-state index contributed by atoms with van der Waals surface area (Å²) in [5, 5.41) is 2.89. The molecule has 0 fully saturated rings. The number of likely N-dealkylation sites (N-methyl/N-ethyl adjacent to an activating group) is 1. The first-order chi connectivity index (χ1) is 10.9. The highest BCUT2D eigenvalue weighted by molar-refractivity contribution is 6.08. The number of carbonyl (C=O) groups is 2. The number of pyridine rings is 1. The predicted molar refractivity (Wildman–Crippen MR) is 88.3 cm³/mol. The van der Waals surface area contributed by atoms with Crippen LogP contribution in [0.25, 0.3) is 0 Å². The van der Waals surface area contributed by atoms with Crippen LogP contribution < -0.4 is 10.2 Å². The number of fused-ring (bicyclic) bond motifs is 1. The summed E-state index contributed by atoms with van der Waals surface area (Å²) in [6.45, 7) is 4.22. The van der Waals surface area contributed by atoms with Gasteiger partial charge in [0.1, 0.15) is 0 Å². The first kappa shape index (κ1) is 15.2.